The summed E-state index contributed by atoms with van der Waals surface area (Å²) in [6.07, 6.45) is 0. The summed E-state index contributed by atoms with van der Waals surface area (Å²) >= 11 is 0. The summed E-state index contributed by atoms with van der Waals surface area (Å²) in [5.74, 6) is -0.372. The van der Waals surface area contributed by atoms with Crippen molar-refractivity contribution in [3.05, 3.63) is 90.1 Å². The fraction of sp³-hybridized carbons (Fsp3) is 0.115. The monoisotopic (exact) mass is 441 g/mol. The smallest absolute Gasteiger partial charge is 0.282 e. The molecule has 3 aromatic rings. The van der Waals surface area contributed by atoms with Crippen LogP contribution in [0.4, 0.5) is 17.1 Å². The molecule has 0 saturated heterocycles. The van der Waals surface area contributed by atoms with Gasteiger partial charge in [0, 0.05) is 18.3 Å². The van der Waals surface area contributed by atoms with E-state index < -0.39 is 11.8 Å². The Kier molecular flexibility index (Phi) is 6.22. The molecule has 0 radical (unpaired) electrons. The van der Waals surface area contributed by atoms with Gasteiger partial charge in [0.25, 0.3) is 11.8 Å². The van der Waals surface area contributed by atoms with Crippen LogP contribution < -0.4 is 20.3 Å². The van der Waals surface area contributed by atoms with E-state index >= 15 is 0 Å². The molecule has 2 N–H and O–H groups in total. The van der Waals surface area contributed by atoms with Gasteiger partial charge in [0.2, 0.25) is 5.91 Å². The van der Waals surface area contributed by atoms with Crippen molar-refractivity contribution in [3.63, 3.8) is 0 Å². The first-order valence-corrected chi connectivity index (χ1v) is 10.5. The highest BCUT2D eigenvalue weighted by Gasteiger charge is 2.40. The van der Waals surface area contributed by atoms with Crippen LogP contribution in [0.2, 0.25) is 0 Å². The minimum atomic E-state index is -0.450. The zero-order valence-corrected chi connectivity index (χ0v) is 18.3. The first kappa shape index (κ1) is 21.8. The lowest BCUT2D eigenvalue weighted by Gasteiger charge is -2.16. The second kappa shape index (κ2) is 9.40. The number of nitrogens with one attached hydrogen (secondary N) is 2. The summed E-state index contributed by atoms with van der Waals surface area (Å²) in [7, 11) is 0. The average molecular weight is 441 g/mol. The van der Waals surface area contributed by atoms with E-state index in [1.165, 1.54) is 6.92 Å². The molecule has 1 heterocycles. The van der Waals surface area contributed by atoms with Crippen molar-refractivity contribution < 1.29 is 19.1 Å². The largest absolute Gasteiger partial charge is 0.494 e. The lowest BCUT2D eigenvalue weighted by molar-refractivity contribution is -0.120. The highest BCUT2D eigenvalue weighted by Crippen LogP contribution is 2.34. The maximum Gasteiger partial charge on any atom is 0.282 e. The van der Waals surface area contributed by atoms with Gasteiger partial charge in [-0.2, -0.15) is 0 Å². The van der Waals surface area contributed by atoms with E-state index in [4.69, 9.17) is 4.74 Å². The molecule has 0 bridgehead atoms. The quantitative estimate of drug-likeness (QED) is 0.529. The highest BCUT2D eigenvalue weighted by atomic mass is 16.5. The van der Waals surface area contributed by atoms with Gasteiger partial charge in [-0.25, -0.2) is 4.90 Å². The van der Waals surface area contributed by atoms with Crippen LogP contribution in [0, 0.1) is 0 Å². The van der Waals surface area contributed by atoms with Crippen molar-refractivity contribution >= 4 is 40.4 Å². The van der Waals surface area contributed by atoms with Gasteiger partial charge in [-0.15, -0.1) is 0 Å². The Morgan fingerprint density at radius 3 is 2.09 bits per heavy atom. The van der Waals surface area contributed by atoms with E-state index in [9.17, 15) is 14.4 Å². The molecular weight excluding hydrogens is 418 g/mol. The number of nitrogens with zero attached hydrogens (tertiary/aromatic N) is 1. The van der Waals surface area contributed by atoms with Gasteiger partial charge >= 0.3 is 0 Å². The lowest BCUT2D eigenvalue weighted by Crippen LogP contribution is -2.32. The molecular formula is C26H23N3O4. The van der Waals surface area contributed by atoms with Gasteiger partial charge < -0.3 is 15.4 Å². The van der Waals surface area contributed by atoms with Gasteiger partial charge in [0.15, 0.2) is 0 Å². The Hall–Kier alpha value is -4.39. The summed E-state index contributed by atoms with van der Waals surface area (Å²) in [4.78, 5) is 39.3. The zero-order chi connectivity index (χ0) is 23.4. The first-order chi connectivity index (χ1) is 16.0. The van der Waals surface area contributed by atoms with Crippen LogP contribution in [-0.4, -0.2) is 24.3 Å². The molecule has 166 valence electrons. The van der Waals surface area contributed by atoms with Gasteiger partial charge in [-0.05, 0) is 61.0 Å². The molecule has 0 saturated carbocycles. The SMILES string of the molecule is CCOc1ccc(N2C(=O)C(Nc3ccc(NC(C)=O)cc3)=C(c3ccccc3)C2=O)cc1. The fourth-order valence-corrected chi connectivity index (χ4v) is 3.60. The van der Waals surface area contributed by atoms with E-state index in [-0.39, 0.29) is 11.6 Å². The van der Waals surface area contributed by atoms with Crippen molar-refractivity contribution in [1.82, 2.24) is 0 Å². The van der Waals surface area contributed by atoms with Crippen LogP contribution in [0.1, 0.15) is 19.4 Å². The molecule has 1 aliphatic rings. The summed E-state index contributed by atoms with van der Waals surface area (Å²) in [6, 6.07) is 22.8. The molecule has 7 heteroatoms. The van der Waals surface area contributed by atoms with Crippen LogP contribution in [0.15, 0.2) is 84.6 Å². The number of carbonyl (C=O) groups is 3. The van der Waals surface area contributed by atoms with E-state index in [0.29, 0.717) is 40.6 Å². The summed E-state index contributed by atoms with van der Waals surface area (Å²) in [5.41, 5.74) is 2.83. The molecule has 4 rings (SSSR count). The van der Waals surface area contributed by atoms with Crippen LogP contribution in [-0.2, 0) is 14.4 Å². The number of anilines is 3. The highest BCUT2D eigenvalue weighted by molar-refractivity contribution is 6.46. The maximum absolute atomic E-state index is 13.4. The summed E-state index contributed by atoms with van der Waals surface area (Å²) in [6.45, 7) is 3.84. The number of benzene rings is 3. The van der Waals surface area contributed by atoms with Crippen LogP contribution >= 0.6 is 0 Å². The first-order valence-electron chi connectivity index (χ1n) is 10.5. The van der Waals surface area contributed by atoms with Crippen molar-refractivity contribution in [3.8, 4) is 5.75 Å². The van der Waals surface area contributed by atoms with Gasteiger partial charge in [-0.3, -0.25) is 14.4 Å². The molecule has 3 aromatic carbocycles. The normalized spacial score (nSPS) is 13.3. The fourth-order valence-electron chi connectivity index (χ4n) is 3.60. The number of ether oxygens (including phenoxy) is 1. The van der Waals surface area contributed by atoms with E-state index in [1.54, 1.807) is 60.7 Å². The summed E-state index contributed by atoms with van der Waals surface area (Å²) in [5, 5.41) is 5.81. The molecule has 7 nitrogen and oxygen atoms in total. The Bertz CT molecular complexity index is 1220. The molecule has 0 fully saturated rings. The third-order valence-electron chi connectivity index (χ3n) is 5.03. The van der Waals surface area contributed by atoms with Crippen LogP contribution in [0.3, 0.4) is 0 Å². The van der Waals surface area contributed by atoms with Gasteiger partial charge in [0.1, 0.15) is 11.4 Å². The number of hydrogen-bond acceptors (Lipinski definition) is 5. The van der Waals surface area contributed by atoms with Gasteiger partial charge in [-0.1, -0.05) is 30.3 Å². The zero-order valence-electron chi connectivity index (χ0n) is 18.3. The molecule has 0 atom stereocenters. The molecule has 0 unspecified atom stereocenters. The number of rotatable bonds is 7. The average Bonchev–Trinajstić information content (AvgIpc) is 3.05. The Labute approximate surface area is 191 Å². The van der Waals surface area contributed by atoms with Gasteiger partial charge in [0.05, 0.1) is 17.9 Å². The van der Waals surface area contributed by atoms with E-state index in [2.05, 4.69) is 10.6 Å². The van der Waals surface area contributed by atoms with Crippen LogP contribution in [0.25, 0.3) is 5.57 Å². The van der Waals surface area contributed by atoms with Crippen molar-refractivity contribution in [2.45, 2.75) is 13.8 Å². The lowest BCUT2D eigenvalue weighted by atomic mass is 10.0. The van der Waals surface area contributed by atoms with E-state index in [1.807, 2.05) is 25.1 Å². The Morgan fingerprint density at radius 1 is 0.848 bits per heavy atom. The Balaban J connectivity index is 1.69. The molecule has 3 amide bonds. The van der Waals surface area contributed by atoms with Crippen molar-refractivity contribution in [2.24, 2.45) is 0 Å². The van der Waals surface area contributed by atoms with Crippen LogP contribution in [0.5, 0.6) is 5.75 Å². The third kappa shape index (κ3) is 4.62. The minimum Gasteiger partial charge on any atom is -0.494 e. The maximum atomic E-state index is 13.4. The number of carbonyl (C=O) groups excluding carboxylic acids is 3. The number of hydrogen-bond donors (Lipinski definition) is 2. The topological polar surface area (TPSA) is 87.7 Å². The minimum absolute atomic E-state index is 0.174. The Morgan fingerprint density at radius 2 is 1.48 bits per heavy atom. The second-order valence-corrected chi connectivity index (χ2v) is 7.37. The standard InChI is InChI=1S/C26H23N3O4/c1-3-33-22-15-13-21(14-16-22)29-25(31)23(18-7-5-4-6-8-18)24(26(29)32)28-20-11-9-19(10-12-20)27-17(2)30/h4-16,28H,3H2,1-2H3,(H,27,30). The van der Waals surface area contributed by atoms with E-state index in [0.717, 1.165) is 4.90 Å². The third-order valence-corrected chi connectivity index (χ3v) is 5.03. The molecule has 0 spiro atoms. The molecule has 0 aromatic heterocycles. The predicted octanol–water partition coefficient (Wildman–Crippen LogP) is 4.44. The molecule has 0 aliphatic carbocycles. The number of amides is 3. The van der Waals surface area contributed by atoms with Crippen molar-refractivity contribution in [2.75, 3.05) is 22.1 Å². The molecule has 1 aliphatic heterocycles. The molecule has 33 heavy (non-hydrogen) atoms. The summed E-state index contributed by atoms with van der Waals surface area (Å²) < 4.78 is 5.46. The second-order valence-electron chi connectivity index (χ2n) is 7.37. The van der Waals surface area contributed by atoms with Crippen molar-refractivity contribution in [1.29, 1.82) is 0 Å². The number of imide groups is 1. The predicted molar refractivity (Wildman–Crippen MR) is 128 cm³/mol.